The quantitative estimate of drug-likeness (QED) is 0.693. The Morgan fingerprint density at radius 3 is 1.73 bits per heavy atom. The van der Waals surface area contributed by atoms with Crippen molar-refractivity contribution in [1.29, 1.82) is 0 Å². The van der Waals surface area contributed by atoms with Gasteiger partial charge in [-0.15, -0.1) is 0 Å². The first kappa shape index (κ1) is 9.42. The summed E-state index contributed by atoms with van der Waals surface area (Å²) in [5.41, 5.74) is 0. The summed E-state index contributed by atoms with van der Waals surface area (Å²) in [6.45, 7) is 0. The van der Waals surface area contributed by atoms with Crippen LogP contribution in [0.15, 0.2) is 30.3 Å². The van der Waals surface area contributed by atoms with Crippen LogP contribution in [0.1, 0.15) is 0 Å². The minimum absolute atomic E-state index is 1.35. The van der Waals surface area contributed by atoms with Crippen LogP contribution in [0.5, 0.6) is 0 Å². The van der Waals surface area contributed by atoms with E-state index in [2.05, 4.69) is 38.9 Å². The average Bonchev–Trinajstić information content (AvgIpc) is 1.86. The summed E-state index contributed by atoms with van der Waals surface area (Å²) in [4.78, 5) is 6.64. The molecule has 0 saturated carbocycles. The minimum atomic E-state index is -2.77. The SMILES string of the molecule is [CH3][Sb]([CH3])([CH3])([Cl])[c]1ccccc1. The topological polar surface area (TPSA) is 0 Å². The number of halogens is 1. The first-order valence-electron chi connectivity index (χ1n) is 3.64. The summed E-state index contributed by atoms with van der Waals surface area (Å²) < 4.78 is 1.35. The van der Waals surface area contributed by atoms with Gasteiger partial charge in [0.05, 0.1) is 0 Å². The third-order valence-electron chi connectivity index (χ3n) is 1.63. The van der Waals surface area contributed by atoms with E-state index in [4.69, 9.17) is 8.83 Å². The second-order valence-electron chi connectivity index (χ2n) is 3.94. The van der Waals surface area contributed by atoms with Crippen molar-refractivity contribution in [2.24, 2.45) is 0 Å². The van der Waals surface area contributed by atoms with Crippen LogP contribution in [-0.4, -0.2) is 16.3 Å². The molecule has 0 aliphatic rings. The molecule has 0 heterocycles. The van der Waals surface area contributed by atoms with Crippen LogP contribution in [0, 0.1) is 0 Å². The monoisotopic (exact) mass is 278 g/mol. The van der Waals surface area contributed by atoms with E-state index >= 15 is 0 Å². The third-order valence-corrected chi connectivity index (χ3v) is 8.77. The van der Waals surface area contributed by atoms with Crippen LogP contribution in [0.4, 0.5) is 0 Å². The van der Waals surface area contributed by atoms with Crippen molar-refractivity contribution in [3.63, 3.8) is 0 Å². The molecule has 0 aliphatic carbocycles. The Hall–Kier alpha value is 0.328. The molecule has 0 radical (unpaired) electrons. The van der Waals surface area contributed by atoms with Gasteiger partial charge < -0.3 is 0 Å². The van der Waals surface area contributed by atoms with Crippen LogP contribution in [0.3, 0.4) is 0 Å². The normalized spacial score (nSPS) is 15.5. The standard InChI is InChI=1S/C6H5.3CH3.ClH.Sb/c1-2-4-6-5-3-1;;;;;/h1-5H;3*1H3;1H;/q;;;;;+1/p-1. The molecule has 1 aromatic rings. The first-order valence-corrected chi connectivity index (χ1v) is 15.8. The van der Waals surface area contributed by atoms with Crippen molar-refractivity contribution in [3.05, 3.63) is 30.3 Å². The predicted octanol–water partition coefficient (Wildman–Crippen LogP) is 2.92. The number of hydrogen-bond donors (Lipinski definition) is 0. The Morgan fingerprint density at radius 1 is 1.00 bits per heavy atom. The molecule has 0 amide bonds. The van der Waals surface area contributed by atoms with Crippen LogP contribution < -0.4 is 3.51 Å². The fraction of sp³-hybridized carbons (Fsp3) is 0.333. The molecule has 62 valence electrons. The van der Waals surface area contributed by atoms with Crippen molar-refractivity contribution in [2.75, 3.05) is 0 Å². The van der Waals surface area contributed by atoms with Gasteiger partial charge in [0.1, 0.15) is 0 Å². The summed E-state index contributed by atoms with van der Waals surface area (Å²) in [7, 11) is 6.52. The molecular formula is C9H14ClSb. The Kier molecular flexibility index (Phi) is 2.29. The van der Waals surface area contributed by atoms with Crippen molar-refractivity contribution >= 4 is 28.6 Å². The summed E-state index contributed by atoms with van der Waals surface area (Å²) in [5.74, 6) is 0. The van der Waals surface area contributed by atoms with Crippen molar-refractivity contribution < 1.29 is 0 Å². The van der Waals surface area contributed by atoms with Gasteiger partial charge in [0.25, 0.3) is 0 Å². The zero-order valence-electron chi connectivity index (χ0n) is 7.21. The molecule has 1 rings (SSSR count). The first-order chi connectivity index (χ1) is 4.86. The molecule has 0 atom stereocenters. The number of hydrogen-bond acceptors (Lipinski definition) is 0. The van der Waals surface area contributed by atoms with E-state index in [0.717, 1.165) is 0 Å². The molecule has 0 aliphatic heterocycles. The van der Waals surface area contributed by atoms with E-state index in [-0.39, 0.29) is 0 Å². The third kappa shape index (κ3) is 2.69. The summed E-state index contributed by atoms with van der Waals surface area (Å²) in [6, 6.07) is 10.4. The van der Waals surface area contributed by atoms with Crippen LogP contribution in [0.2, 0.25) is 14.6 Å². The second kappa shape index (κ2) is 2.68. The molecule has 0 bridgehead atoms. The summed E-state index contributed by atoms with van der Waals surface area (Å²) in [5, 5.41) is 0. The molecule has 0 N–H and O–H groups in total. The van der Waals surface area contributed by atoms with E-state index in [1.807, 2.05) is 6.07 Å². The predicted molar refractivity (Wildman–Crippen MR) is 55.3 cm³/mol. The molecule has 2 heteroatoms. The van der Waals surface area contributed by atoms with Crippen molar-refractivity contribution in [2.45, 2.75) is 14.6 Å². The van der Waals surface area contributed by atoms with E-state index in [9.17, 15) is 0 Å². The van der Waals surface area contributed by atoms with Crippen LogP contribution >= 0.6 is 8.83 Å². The number of benzene rings is 1. The second-order valence-corrected chi connectivity index (χ2v) is 28.2. The Balaban J connectivity index is 3.14. The molecule has 1 aromatic carbocycles. The summed E-state index contributed by atoms with van der Waals surface area (Å²) >= 11 is -2.77. The fourth-order valence-corrected chi connectivity index (χ4v) is 5.05. The molecule has 0 saturated heterocycles. The average molecular weight is 279 g/mol. The zero-order valence-corrected chi connectivity index (χ0v) is 10.5. The van der Waals surface area contributed by atoms with Gasteiger partial charge in [-0.2, -0.15) is 0 Å². The maximum atomic E-state index is 6.52. The number of rotatable bonds is 1. The Labute approximate surface area is 73.3 Å². The molecular weight excluding hydrogens is 265 g/mol. The van der Waals surface area contributed by atoms with E-state index in [1.54, 1.807) is 0 Å². The molecule has 0 spiro atoms. The maximum absolute atomic E-state index is 6.52. The van der Waals surface area contributed by atoms with Gasteiger partial charge in [-0.05, 0) is 0 Å². The van der Waals surface area contributed by atoms with Gasteiger partial charge in [0.2, 0.25) is 0 Å². The molecule has 11 heavy (non-hydrogen) atoms. The van der Waals surface area contributed by atoms with Crippen molar-refractivity contribution in [1.82, 2.24) is 0 Å². The van der Waals surface area contributed by atoms with Gasteiger partial charge in [-0.25, -0.2) is 0 Å². The Bertz CT molecular complexity index is 236. The van der Waals surface area contributed by atoms with Gasteiger partial charge in [-0.3, -0.25) is 0 Å². The van der Waals surface area contributed by atoms with Gasteiger partial charge >= 0.3 is 73.5 Å². The van der Waals surface area contributed by atoms with E-state index in [0.29, 0.717) is 0 Å². The molecule has 0 fully saturated rings. The van der Waals surface area contributed by atoms with Crippen molar-refractivity contribution in [3.8, 4) is 0 Å². The van der Waals surface area contributed by atoms with Gasteiger partial charge in [0, 0.05) is 0 Å². The zero-order chi connectivity index (χ0) is 8.56. The van der Waals surface area contributed by atoms with E-state index < -0.39 is 16.3 Å². The van der Waals surface area contributed by atoms with Crippen LogP contribution in [-0.2, 0) is 0 Å². The fourth-order valence-electron chi connectivity index (χ4n) is 0.932. The molecule has 0 aromatic heterocycles. The molecule has 0 nitrogen and oxygen atoms in total. The summed E-state index contributed by atoms with van der Waals surface area (Å²) in [6.07, 6.45) is 0. The van der Waals surface area contributed by atoms with Gasteiger partial charge in [-0.1, -0.05) is 0 Å². The van der Waals surface area contributed by atoms with Crippen LogP contribution in [0.25, 0.3) is 0 Å². The van der Waals surface area contributed by atoms with Gasteiger partial charge in [0.15, 0.2) is 0 Å². The molecule has 0 unspecified atom stereocenters. The Morgan fingerprint density at radius 2 is 1.45 bits per heavy atom. The van der Waals surface area contributed by atoms with E-state index in [1.165, 1.54) is 3.51 Å².